The lowest BCUT2D eigenvalue weighted by atomic mass is 10.2. The Morgan fingerprint density at radius 2 is 1.93 bits per heavy atom. The van der Waals surface area contributed by atoms with Crippen molar-refractivity contribution < 1.29 is 9.53 Å². The third-order valence-corrected chi connectivity index (χ3v) is 2.61. The molecule has 15 heavy (non-hydrogen) atoms. The molecule has 4 heteroatoms. The van der Waals surface area contributed by atoms with Crippen molar-refractivity contribution >= 4 is 6.09 Å². The van der Waals surface area contributed by atoms with E-state index in [0.29, 0.717) is 0 Å². The van der Waals surface area contributed by atoms with Crippen molar-refractivity contribution in [2.75, 3.05) is 13.1 Å². The third-order valence-electron chi connectivity index (χ3n) is 2.61. The highest BCUT2D eigenvalue weighted by Crippen LogP contribution is 2.11. The SMILES string of the molecule is CC(C)N(C(=O)O[C@H]1CCNC1)C(C)C. The molecule has 88 valence electrons. The van der Waals surface area contributed by atoms with Gasteiger partial charge in [-0.05, 0) is 40.7 Å². The van der Waals surface area contributed by atoms with Crippen LogP contribution in [0.1, 0.15) is 34.1 Å². The van der Waals surface area contributed by atoms with Gasteiger partial charge < -0.3 is 15.0 Å². The van der Waals surface area contributed by atoms with Crippen LogP contribution < -0.4 is 5.32 Å². The first kappa shape index (κ1) is 12.3. The zero-order valence-corrected chi connectivity index (χ0v) is 10.1. The van der Waals surface area contributed by atoms with E-state index in [0.717, 1.165) is 19.5 Å². The molecule has 0 aromatic heterocycles. The van der Waals surface area contributed by atoms with Crippen molar-refractivity contribution in [3.05, 3.63) is 0 Å². The summed E-state index contributed by atoms with van der Waals surface area (Å²) in [5, 5.41) is 3.18. The molecule has 0 aromatic carbocycles. The smallest absolute Gasteiger partial charge is 0.410 e. The molecule has 1 N–H and O–H groups in total. The minimum absolute atomic E-state index is 0.0532. The van der Waals surface area contributed by atoms with E-state index in [-0.39, 0.29) is 24.3 Å². The quantitative estimate of drug-likeness (QED) is 0.776. The second kappa shape index (κ2) is 5.35. The summed E-state index contributed by atoms with van der Waals surface area (Å²) >= 11 is 0. The molecule has 0 aliphatic carbocycles. The van der Waals surface area contributed by atoms with Crippen molar-refractivity contribution in [2.45, 2.75) is 52.3 Å². The van der Waals surface area contributed by atoms with Gasteiger partial charge in [-0.25, -0.2) is 4.79 Å². The molecule has 0 unspecified atom stereocenters. The van der Waals surface area contributed by atoms with E-state index in [4.69, 9.17) is 4.74 Å². The molecule has 1 aliphatic heterocycles. The molecule has 0 aromatic rings. The highest BCUT2D eigenvalue weighted by molar-refractivity contribution is 5.68. The number of hydrogen-bond donors (Lipinski definition) is 1. The van der Waals surface area contributed by atoms with E-state index < -0.39 is 0 Å². The van der Waals surface area contributed by atoms with Crippen LogP contribution in [0.2, 0.25) is 0 Å². The maximum Gasteiger partial charge on any atom is 0.410 e. The van der Waals surface area contributed by atoms with Gasteiger partial charge in [0.25, 0.3) is 0 Å². The second-order valence-electron chi connectivity index (χ2n) is 4.59. The summed E-state index contributed by atoms with van der Waals surface area (Å²) in [6.45, 7) is 9.77. The van der Waals surface area contributed by atoms with Gasteiger partial charge in [-0.3, -0.25) is 0 Å². The second-order valence-corrected chi connectivity index (χ2v) is 4.59. The van der Waals surface area contributed by atoms with E-state index in [1.807, 2.05) is 27.7 Å². The van der Waals surface area contributed by atoms with Crippen molar-refractivity contribution in [1.29, 1.82) is 0 Å². The van der Waals surface area contributed by atoms with Crippen LogP contribution in [0.5, 0.6) is 0 Å². The maximum absolute atomic E-state index is 11.9. The van der Waals surface area contributed by atoms with Gasteiger partial charge in [0.15, 0.2) is 0 Å². The summed E-state index contributed by atoms with van der Waals surface area (Å²) in [6.07, 6.45) is 0.793. The molecule has 1 amide bonds. The van der Waals surface area contributed by atoms with Gasteiger partial charge in [0.05, 0.1) is 0 Å². The van der Waals surface area contributed by atoms with E-state index in [1.54, 1.807) is 4.90 Å². The zero-order valence-electron chi connectivity index (χ0n) is 10.1. The molecule has 1 saturated heterocycles. The minimum Gasteiger partial charge on any atom is -0.445 e. The highest BCUT2D eigenvalue weighted by atomic mass is 16.6. The number of carbonyl (C=O) groups excluding carboxylic acids is 1. The Kier molecular flexibility index (Phi) is 4.39. The van der Waals surface area contributed by atoms with Gasteiger partial charge >= 0.3 is 6.09 Å². The predicted octanol–water partition coefficient (Wildman–Crippen LogP) is 1.60. The first-order valence-electron chi connectivity index (χ1n) is 5.72. The Morgan fingerprint density at radius 1 is 1.33 bits per heavy atom. The average molecular weight is 214 g/mol. The number of nitrogens with zero attached hydrogens (tertiary/aromatic N) is 1. The summed E-state index contributed by atoms with van der Waals surface area (Å²) in [5.41, 5.74) is 0. The van der Waals surface area contributed by atoms with Crippen LogP contribution in [0.3, 0.4) is 0 Å². The van der Waals surface area contributed by atoms with Gasteiger partial charge in [0.2, 0.25) is 0 Å². The topological polar surface area (TPSA) is 41.6 Å². The van der Waals surface area contributed by atoms with E-state index in [9.17, 15) is 4.79 Å². The van der Waals surface area contributed by atoms with Crippen LogP contribution in [0.25, 0.3) is 0 Å². The first-order valence-corrected chi connectivity index (χ1v) is 5.72. The molecule has 0 bridgehead atoms. The minimum atomic E-state index is -0.186. The van der Waals surface area contributed by atoms with Crippen LogP contribution in [0.4, 0.5) is 4.79 Å². The number of ether oxygens (including phenoxy) is 1. The maximum atomic E-state index is 11.9. The Bertz CT molecular complexity index is 203. The number of carbonyl (C=O) groups is 1. The number of rotatable bonds is 3. The fraction of sp³-hybridized carbons (Fsp3) is 0.909. The van der Waals surface area contributed by atoms with E-state index in [2.05, 4.69) is 5.32 Å². The molecule has 0 radical (unpaired) electrons. The van der Waals surface area contributed by atoms with Gasteiger partial charge in [0.1, 0.15) is 6.10 Å². The Labute approximate surface area is 92.0 Å². The fourth-order valence-corrected chi connectivity index (χ4v) is 1.95. The van der Waals surface area contributed by atoms with E-state index in [1.165, 1.54) is 0 Å². The lowest BCUT2D eigenvalue weighted by Crippen LogP contribution is -2.43. The standard InChI is InChI=1S/C11H22N2O2/c1-8(2)13(9(3)4)11(14)15-10-5-6-12-7-10/h8-10,12H,5-7H2,1-4H3/t10-/m0/s1. The molecule has 0 saturated carbocycles. The molecule has 1 fully saturated rings. The van der Waals surface area contributed by atoms with Crippen molar-refractivity contribution in [1.82, 2.24) is 10.2 Å². The first-order chi connectivity index (χ1) is 7.02. The van der Waals surface area contributed by atoms with Crippen LogP contribution in [-0.2, 0) is 4.74 Å². The van der Waals surface area contributed by atoms with Gasteiger partial charge in [-0.15, -0.1) is 0 Å². The van der Waals surface area contributed by atoms with Gasteiger partial charge in [-0.1, -0.05) is 0 Å². The molecule has 1 aliphatic rings. The summed E-state index contributed by atoms with van der Waals surface area (Å²) in [4.78, 5) is 13.6. The van der Waals surface area contributed by atoms with Gasteiger partial charge in [0, 0.05) is 18.6 Å². The van der Waals surface area contributed by atoms with Crippen LogP contribution in [-0.4, -0.2) is 42.3 Å². The molecule has 4 nitrogen and oxygen atoms in total. The van der Waals surface area contributed by atoms with Gasteiger partial charge in [-0.2, -0.15) is 0 Å². The Hall–Kier alpha value is -0.770. The highest BCUT2D eigenvalue weighted by Gasteiger charge is 2.25. The largest absolute Gasteiger partial charge is 0.445 e. The summed E-state index contributed by atoms with van der Waals surface area (Å²) in [6, 6.07) is 0.374. The van der Waals surface area contributed by atoms with Crippen molar-refractivity contribution in [3.63, 3.8) is 0 Å². The summed E-state index contributed by atoms with van der Waals surface area (Å²) < 4.78 is 5.42. The molecular formula is C11H22N2O2. The molecule has 0 spiro atoms. The Morgan fingerprint density at radius 3 is 2.33 bits per heavy atom. The zero-order chi connectivity index (χ0) is 11.4. The normalized spacial score (nSPS) is 21.1. The molecule has 1 heterocycles. The van der Waals surface area contributed by atoms with Crippen LogP contribution in [0, 0.1) is 0 Å². The lowest BCUT2D eigenvalue weighted by molar-refractivity contribution is 0.0520. The lowest BCUT2D eigenvalue weighted by Gasteiger charge is -2.30. The summed E-state index contributed by atoms with van der Waals surface area (Å²) in [5.74, 6) is 0. The van der Waals surface area contributed by atoms with Crippen molar-refractivity contribution in [3.8, 4) is 0 Å². The third kappa shape index (κ3) is 3.38. The molecular weight excluding hydrogens is 192 g/mol. The molecule has 1 atom stereocenters. The monoisotopic (exact) mass is 214 g/mol. The number of hydrogen-bond acceptors (Lipinski definition) is 3. The predicted molar refractivity (Wildman–Crippen MR) is 59.9 cm³/mol. The fourth-order valence-electron chi connectivity index (χ4n) is 1.95. The van der Waals surface area contributed by atoms with Crippen molar-refractivity contribution in [2.24, 2.45) is 0 Å². The number of nitrogens with one attached hydrogen (secondary N) is 1. The van der Waals surface area contributed by atoms with E-state index >= 15 is 0 Å². The average Bonchev–Trinajstić information content (AvgIpc) is 2.54. The van der Waals surface area contributed by atoms with Crippen LogP contribution in [0.15, 0.2) is 0 Å². The summed E-state index contributed by atoms with van der Waals surface area (Å²) in [7, 11) is 0. The Balaban J connectivity index is 2.48. The molecule has 1 rings (SSSR count). The number of amides is 1. The van der Waals surface area contributed by atoms with Crippen LogP contribution >= 0.6 is 0 Å².